The Labute approximate surface area is 228 Å². The van der Waals surface area contributed by atoms with Crippen molar-refractivity contribution in [1.29, 1.82) is 5.26 Å². The summed E-state index contributed by atoms with van der Waals surface area (Å²) in [6.07, 6.45) is 0.795. The van der Waals surface area contributed by atoms with E-state index >= 15 is 0 Å². The van der Waals surface area contributed by atoms with Crippen LogP contribution in [0.15, 0.2) is 39.1 Å². The number of nitriles is 1. The number of nitrogens with zero attached hydrogens (tertiary/aromatic N) is 4. The normalized spacial score (nSPS) is 18.7. The lowest BCUT2D eigenvalue weighted by atomic mass is 9.68. The molecule has 38 heavy (non-hydrogen) atoms. The number of rotatable bonds is 8. The molecule has 1 aliphatic carbocycles. The number of allylic oxidation sites excluding steroid dienone is 3. The molecule has 1 aromatic heterocycles. The van der Waals surface area contributed by atoms with Crippen molar-refractivity contribution in [2.45, 2.75) is 36.9 Å². The summed E-state index contributed by atoms with van der Waals surface area (Å²) in [5.74, 6) is -0.0514. The number of aromatic nitrogens is 2. The molecule has 1 amide bonds. The lowest BCUT2D eigenvalue weighted by Crippen LogP contribution is -2.42. The number of thioether (sulfide) groups is 1. The van der Waals surface area contributed by atoms with Crippen LogP contribution in [0.25, 0.3) is 0 Å². The quantitative estimate of drug-likeness (QED) is 0.459. The summed E-state index contributed by atoms with van der Waals surface area (Å²) in [6, 6.07) is 5.69. The van der Waals surface area contributed by atoms with Gasteiger partial charge in [-0.3, -0.25) is 14.5 Å². The molecule has 2 aromatic rings. The number of ether oxygens (including phenoxy) is 3. The molecule has 11 nitrogen and oxygen atoms in total. The van der Waals surface area contributed by atoms with E-state index in [1.807, 2.05) is 13.8 Å². The molecular weight excluding hydrogens is 528 g/mol. The number of hydrogen-bond acceptors (Lipinski definition) is 12. The number of anilines is 1. The van der Waals surface area contributed by atoms with Gasteiger partial charge in [0.2, 0.25) is 16.8 Å². The summed E-state index contributed by atoms with van der Waals surface area (Å²) in [5.41, 5.74) is 13.4. The maximum atomic E-state index is 13.8. The molecule has 4 N–H and O–H groups in total. The molecule has 200 valence electrons. The van der Waals surface area contributed by atoms with E-state index in [9.17, 15) is 14.9 Å². The van der Waals surface area contributed by atoms with E-state index in [0.29, 0.717) is 56.4 Å². The second-order valence-electron chi connectivity index (χ2n) is 9.51. The Morgan fingerprint density at radius 3 is 2.53 bits per heavy atom. The predicted molar refractivity (Wildman–Crippen MR) is 143 cm³/mol. The SMILES string of the molecule is COc1ccc(C2C(C#N)=C(N)N(c3nnc(SCC(N)=O)s3)C3=C2C(=O)CC(C)(C)C3)c(OC)c1OC. The van der Waals surface area contributed by atoms with E-state index in [0.717, 1.165) is 11.8 Å². The lowest BCUT2D eigenvalue weighted by molar-refractivity contribution is -0.118. The van der Waals surface area contributed by atoms with Gasteiger partial charge in [0.15, 0.2) is 21.6 Å². The van der Waals surface area contributed by atoms with Gasteiger partial charge >= 0.3 is 0 Å². The fraction of sp³-hybridized carbons (Fsp3) is 0.400. The van der Waals surface area contributed by atoms with Crippen LogP contribution in [0, 0.1) is 16.7 Å². The zero-order valence-electron chi connectivity index (χ0n) is 21.7. The van der Waals surface area contributed by atoms with E-state index in [1.165, 1.54) is 32.7 Å². The molecule has 13 heteroatoms. The zero-order chi connectivity index (χ0) is 27.8. The second kappa shape index (κ2) is 10.5. The van der Waals surface area contributed by atoms with Gasteiger partial charge in [-0.05, 0) is 17.9 Å². The van der Waals surface area contributed by atoms with E-state index in [1.54, 1.807) is 17.0 Å². The molecule has 0 bridgehead atoms. The van der Waals surface area contributed by atoms with Crippen molar-refractivity contribution in [1.82, 2.24) is 10.2 Å². The first kappa shape index (κ1) is 27.3. The van der Waals surface area contributed by atoms with E-state index in [-0.39, 0.29) is 28.3 Å². The van der Waals surface area contributed by atoms with Gasteiger partial charge < -0.3 is 25.7 Å². The maximum Gasteiger partial charge on any atom is 0.227 e. The first-order chi connectivity index (χ1) is 18.1. The Balaban J connectivity index is 1.96. The standard InChI is InChI=1S/C25H28N6O5S2/c1-25(2)8-14-19(15(32)9-25)18(12-6-7-16(34-3)21(36-5)20(12)35-4)13(10-26)22(28)31(14)23-29-30-24(38-23)37-11-17(27)33/h6-7,18H,8-9,11,28H2,1-5H3,(H2,27,33). The Morgan fingerprint density at radius 1 is 1.21 bits per heavy atom. The molecule has 0 radical (unpaired) electrons. The van der Waals surface area contributed by atoms with Crippen molar-refractivity contribution in [3.63, 3.8) is 0 Å². The fourth-order valence-corrected chi connectivity index (χ4v) is 6.49. The van der Waals surface area contributed by atoms with Crippen molar-refractivity contribution >= 4 is 39.9 Å². The Hall–Kier alpha value is -3.76. The van der Waals surface area contributed by atoms with E-state index < -0.39 is 11.8 Å². The van der Waals surface area contributed by atoms with Crippen molar-refractivity contribution in [3.05, 3.63) is 40.4 Å². The average Bonchev–Trinajstić information content (AvgIpc) is 3.33. The predicted octanol–water partition coefficient (Wildman–Crippen LogP) is 3.08. The third-order valence-electron chi connectivity index (χ3n) is 6.35. The zero-order valence-corrected chi connectivity index (χ0v) is 23.3. The highest BCUT2D eigenvalue weighted by molar-refractivity contribution is 8.01. The van der Waals surface area contributed by atoms with Gasteiger partial charge in [-0.2, -0.15) is 5.26 Å². The van der Waals surface area contributed by atoms with Gasteiger partial charge in [0.1, 0.15) is 5.82 Å². The minimum atomic E-state index is -0.791. The van der Waals surface area contributed by atoms with Crippen LogP contribution in [-0.2, 0) is 9.59 Å². The molecule has 1 unspecified atom stereocenters. The third-order valence-corrected chi connectivity index (χ3v) is 8.42. The number of Topliss-reactive ketones (excluding diaryl/α,β-unsaturated/α-hetero) is 1. The van der Waals surface area contributed by atoms with Crippen LogP contribution in [0.1, 0.15) is 38.2 Å². The summed E-state index contributed by atoms with van der Waals surface area (Å²) < 4.78 is 17.2. The molecule has 2 aliphatic rings. The van der Waals surface area contributed by atoms with Crippen LogP contribution in [0.4, 0.5) is 5.13 Å². The second-order valence-corrected chi connectivity index (χ2v) is 11.7. The number of amides is 1. The minimum absolute atomic E-state index is 0.0457. The van der Waals surface area contributed by atoms with Gasteiger partial charge in [-0.15, -0.1) is 10.2 Å². The number of methoxy groups -OCH3 is 3. The number of nitrogens with two attached hydrogens (primary N) is 2. The average molecular weight is 557 g/mol. The molecule has 2 heterocycles. The number of primary amides is 1. The highest BCUT2D eigenvalue weighted by Gasteiger charge is 2.46. The number of carbonyl (C=O) groups is 2. The minimum Gasteiger partial charge on any atom is -0.493 e. The molecule has 1 aromatic carbocycles. The first-order valence-corrected chi connectivity index (χ1v) is 13.4. The highest BCUT2D eigenvalue weighted by Crippen LogP contribution is 2.54. The largest absolute Gasteiger partial charge is 0.493 e. The Morgan fingerprint density at radius 2 is 1.92 bits per heavy atom. The monoisotopic (exact) mass is 556 g/mol. The van der Waals surface area contributed by atoms with Crippen molar-refractivity contribution in [3.8, 4) is 23.3 Å². The smallest absolute Gasteiger partial charge is 0.227 e. The summed E-state index contributed by atoms with van der Waals surface area (Å²) in [7, 11) is 4.49. The number of benzene rings is 1. The van der Waals surface area contributed by atoms with Crippen LogP contribution < -0.4 is 30.6 Å². The van der Waals surface area contributed by atoms with Crippen LogP contribution in [0.5, 0.6) is 17.2 Å². The molecule has 0 saturated heterocycles. The molecule has 1 atom stereocenters. The van der Waals surface area contributed by atoms with Gasteiger partial charge in [-0.25, -0.2) is 0 Å². The van der Waals surface area contributed by atoms with Gasteiger partial charge in [0.25, 0.3) is 0 Å². The van der Waals surface area contributed by atoms with Crippen LogP contribution in [0.3, 0.4) is 0 Å². The summed E-state index contributed by atoms with van der Waals surface area (Å²) in [4.78, 5) is 26.7. The van der Waals surface area contributed by atoms with E-state index in [2.05, 4.69) is 16.3 Å². The summed E-state index contributed by atoms with van der Waals surface area (Å²) >= 11 is 2.36. The van der Waals surface area contributed by atoms with Gasteiger partial charge in [-0.1, -0.05) is 43.0 Å². The summed E-state index contributed by atoms with van der Waals surface area (Å²) in [6.45, 7) is 4.01. The molecular formula is C25H28N6O5S2. The van der Waals surface area contributed by atoms with Crippen molar-refractivity contribution in [2.75, 3.05) is 32.0 Å². The van der Waals surface area contributed by atoms with Gasteiger partial charge in [0, 0.05) is 23.3 Å². The van der Waals surface area contributed by atoms with Crippen LogP contribution in [0.2, 0.25) is 0 Å². The fourth-order valence-electron chi connectivity index (χ4n) is 4.87. The number of hydrogen-bond donors (Lipinski definition) is 2. The van der Waals surface area contributed by atoms with Crippen molar-refractivity contribution < 1.29 is 23.8 Å². The van der Waals surface area contributed by atoms with Crippen LogP contribution in [-0.4, -0.2) is 49.0 Å². The number of ketones is 1. The molecule has 0 fully saturated rings. The molecule has 0 saturated carbocycles. The summed E-state index contributed by atoms with van der Waals surface area (Å²) in [5, 5.41) is 19.2. The maximum absolute atomic E-state index is 13.8. The first-order valence-electron chi connectivity index (χ1n) is 11.6. The Kier molecular flexibility index (Phi) is 7.57. The molecule has 4 rings (SSSR count). The molecule has 1 aliphatic heterocycles. The van der Waals surface area contributed by atoms with E-state index in [4.69, 9.17) is 25.7 Å². The Bertz CT molecular complexity index is 1410. The molecule has 0 spiro atoms. The topological polar surface area (TPSA) is 167 Å². The number of carbonyl (C=O) groups excluding carboxylic acids is 2. The lowest BCUT2D eigenvalue weighted by Gasteiger charge is -2.42. The van der Waals surface area contributed by atoms with Crippen LogP contribution >= 0.6 is 23.1 Å². The van der Waals surface area contributed by atoms with Gasteiger partial charge in [0.05, 0.1) is 44.6 Å². The highest BCUT2D eigenvalue weighted by atomic mass is 32.2. The third kappa shape index (κ3) is 4.77. The van der Waals surface area contributed by atoms with Crippen molar-refractivity contribution in [2.24, 2.45) is 16.9 Å².